The van der Waals surface area contributed by atoms with E-state index < -0.39 is 0 Å². The standard InChI is InChI=1S/C15H24N2O/c1-5-12-6-8-13(9-7-12)16-11-10-14(18)17-15(2,3)4/h6-9,16H,5,10-11H2,1-4H3,(H,17,18). The Balaban J connectivity index is 2.30. The molecular formula is C15H24N2O. The van der Waals surface area contributed by atoms with E-state index in [2.05, 4.69) is 41.8 Å². The first-order valence-corrected chi connectivity index (χ1v) is 6.54. The smallest absolute Gasteiger partial charge is 0.222 e. The van der Waals surface area contributed by atoms with Crippen LogP contribution in [0.1, 0.15) is 39.7 Å². The Morgan fingerprint density at radius 3 is 2.28 bits per heavy atom. The van der Waals surface area contributed by atoms with Gasteiger partial charge in [0.2, 0.25) is 5.91 Å². The molecule has 0 atom stereocenters. The SMILES string of the molecule is CCc1ccc(NCCC(=O)NC(C)(C)C)cc1. The Bertz CT molecular complexity index is 376. The van der Waals surface area contributed by atoms with Crippen LogP contribution >= 0.6 is 0 Å². The summed E-state index contributed by atoms with van der Waals surface area (Å²) in [4.78, 5) is 11.6. The quantitative estimate of drug-likeness (QED) is 0.841. The number of carbonyl (C=O) groups is 1. The average Bonchev–Trinajstić information content (AvgIpc) is 2.27. The largest absolute Gasteiger partial charge is 0.385 e. The fraction of sp³-hybridized carbons (Fsp3) is 0.533. The van der Waals surface area contributed by atoms with E-state index >= 15 is 0 Å². The van der Waals surface area contributed by atoms with Crippen LogP contribution in [0, 0.1) is 0 Å². The third-order valence-electron chi connectivity index (χ3n) is 2.56. The van der Waals surface area contributed by atoms with Crippen LogP contribution in [0.3, 0.4) is 0 Å². The van der Waals surface area contributed by atoms with Gasteiger partial charge in [-0.05, 0) is 44.9 Å². The van der Waals surface area contributed by atoms with Crippen molar-refractivity contribution in [3.05, 3.63) is 29.8 Å². The molecule has 0 aliphatic carbocycles. The van der Waals surface area contributed by atoms with Crippen molar-refractivity contribution in [1.29, 1.82) is 0 Å². The summed E-state index contributed by atoms with van der Waals surface area (Å²) in [6.45, 7) is 8.76. The number of aryl methyl sites for hydroxylation is 1. The molecule has 0 aliphatic rings. The second-order valence-electron chi connectivity index (χ2n) is 5.53. The summed E-state index contributed by atoms with van der Waals surface area (Å²) >= 11 is 0. The van der Waals surface area contributed by atoms with Crippen LogP contribution in [0.15, 0.2) is 24.3 Å². The first kappa shape index (κ1) is 14.6. The van der Waals surface area contributed by atoms with Crippen molar-refractivity contribution in [3.63, 3.8) is 0 Å². The van der Waals surface area contributed by atoms with E-state index in [1.807, 2.05) is 20.8 Å². The Morgan fingerprint density at radius 1 is 1.17 bits per heavy atom. The molecule has 2 N–H and O–H groups in total. The molecule has 1 rings (SSSR count). The second kappa shape index (κ2) is 6.43. The summed E-state index contributed by atoms with van der Waals surface area (Å²) < 4.78 is 0. The molecule has 0 heterocycles. The zero-order valence-electron chi connectivity index (χ0n) is 11.8. The minimum absolute atomic E-state index is 0.0835. The minimum Gasteiger partial charge on any atom is -0.385 e. The van der Waals surface area contributed by atoms with Crippen LogP contribution in [0.2, 0.25) is 0 Å². The molecule has 0 spiro atoms. The molecule has 1 aromatic carbocycles. The van der Waals surface area contributed by atoms with E-state index in [-0.39, 0.29) is 11.4 Å². The van der Waals surface area contributed by atoms with Gasteiger partial charge < -0.3 is 10.6 Å². The predicted octanol–water partition coefficient (Wildman–Crippen LogP) is 2.97. The lowest BCUT2D eigenvalue weighted by atomic mass is 10.1. The third-order valence-corrected chi connectivity index (χ3v) is 2.56. The zero-order valence-corrected chi connectivity index (χ0v) is 11.8. The topological polar surface area (TPSA) is 41.1 Å². The van der Waals surface area contributed by atoms with Crippen LogP contribution in [-0.2, 0) is 11.2 Å². The molecule has 0 unspecified atom stereocenters. The maximum absolute atomic E-state index is 11.6. The van der Waals surface area contributed by atoms with Crippen molar-refractivity contribution >= 4 is 11.6 Å². The summed E-state index contributed by atoms with van der Waals surface area (Å²) in [7, 11) is 0. The number of nitrogens with one attached hydrogen (secondary N) is 2. The van der Waals surface area contributed by atoms with Gasteiger partial charge in [0.25, 0.3) is 0 Å². The van der Waals surface area contributed by atoms with Crippen molar-refractivity contribution in [2.45, 2.75) is 46.1 Å². The van der Waals surface area contributed by atoms with Crippen molar-refractivity contribution in [1.82, 2.24) is 5.32 Å². The number of hydrogen-bond acceptors (Lipinski definition) is 2. The van der Waals surface area contributed by atoms with Crippen molar-refractivity contribution in [2.75, 3.05) is 11.9 Å². The van der Waals surface area contributed by atoms with Crippen LogP contribution in [-0.4, -0.2) is 18.0 Å². The molecule has 3 nitrogen and oxygen atoms in total. The molecule has 100 valence electrons. The normalized spacial score (nSPS) is 11.1. The number of benzene rings is 1. The lowest BCUT2D eigenvalue weighted by Crippen LogP contribution is -2.41. The summed E-state index contributed by atoms with van der Waals surface area (Å²) in [5.74, 6) is 0.0835. The van der Waals surface area contributed by atoms with Gasteiger partial charge in [-0.2, -0.15) is 0 Å². The van der Waals surface area contributed by atoms with E-state index in [0.717, 1.165) is 12.1 Å². The molecule has 0 saturated carbocycles. The van der Waals surface area contributed by atoms with E-state index in [9.17, 15) is 4.79 Å². The molecule has 1 amide bonds. The Kier molecular flexibility index (Phi) is 5.20. The average molecular weight is 248 g/mol. The monoisotopic (exact) mass is 248 g/mol. The highest BCUT2D eigenvalue weighted by molar-refractivity contribution is 5.77. The second-order valence-corrected chi connectivity index (χ2v) is 5.53. The summed E-state index contributed by atoms with van der Waals surface area (Å²) in [6, 6.07) is 8.33. The molecule has 1 aromatic rings. The highest BCUT2D eigenvalue weighted by Gasteiger charge is 2.12. The first-order valence-electron chi connectivity index (χ1n) is 6.54. The van der Waals surface area contributed by atoms with E-state index in [1.165, 1.54) is 5.56 Å². The molecule has 0 bridgehead atoms. The first-order chi connectivity index (χ1) is 8.40. The van der Waals surface area contributed by atoms with E-state index in [1.54, 1.807) is 0 Å². The van der Waals surface area contributed by atoms with Gasteiger partial charge in [0.1, 0.15) is 0 Å². The van der Waals surface area contributed by atoms with Crippen molar-refractivity contribution < 1.29 is 4.79 Å². The van der Waals surface area contributed by atoms with Crippen LogP contribution in [0.5, 0.6) is 0 Å². The molecule has 0 aromatic heterocycles. The number of hydrogen-bond donors (Lipinski definition) is 2. The number of amides is 1. The van der Waals surface area contributed by atoms with Crippen molar-refractivity contribution in [3.8, 4) is 0 Å². The molecule has 0 fully saturated rings. The van der Waals surface area contributed by atoms with Gasteiger partial charge in [-0.1, -0.05) is 19.1 Å². The fourth-order valence-corrected chi connectivity index (χ4v) is 1.66. The lowest BCUT2D eigenvalue weighted by molar-refractivity contribution is -0.122. The molecule has 18 heavy (non-hydrogen) atoms. The molecule has 0 aliphatic heterocycles. The van der Waals surface area contributed by atoms with Gasteiger partial charge in [-0.15, -0.1) is 0 Å². The van der Waals surface area contributed by atoms with Crippen LogP contribution in [0.4, 0.5) is 5.69 Å². The third kappa shape index (κ3) is 5.71. The predicted molar refractivity (Wildman–Crippen MR) is 76.8 cm³/mol. The van der Waals surface area contributed by atoms with Gasteiger partial charge in [-0.3, -0.25) is 4.79 Å². The van der Waals surface area contributed by atoms with Gasteiger partial charge in [0.15, 0.2) is 0 Å². The van der Waals surface area contributed by atoms with Gasteiger partial charge in [0.05, 0.1) is 0 Å². The maximum atomic E-state index is 11.6. The highest BCUT2D eigenvalue weighted by Crippen LogP contribution is 2.09. The molecule has 0 saturated heterocycles. The Hall–Kier alpha value is -1.51. The summed E-state index contributed by atoms with van der Waals surface area (Å²) in [5, 5.41) is 6.20. The maximum Gasteiger partial charge on any atom is 0.222 e. The van der Waals surface area contributed by atoms with Gasteiger partial charge >= 0.3 is 0 Å². The number of carbonyl (C=O) groups excluding carboxylic acids is 1. The van der Waals surface area contributed by atoms with Crippen molar-refractivity contribution in [2.24, 2.45) is 0 Å². The molecule has 0 radical (unpaired) electrons. The van der Waals surface area contributed by atoms with E-state index in [0.29, 0.717) is 13.0 Å². The van der Waals surface area contributed by atoms with Crippen LogP contribution < -0.4 is 10.6 Å². The molecule has 3 heteroatoms. The Morgan fingerprint density at radius 2 is 1.78 bits per heavy atom. The summed E-state index contributed by atoms with van der Waals surface area (Å²) in [6.07, 6.45) is 1.54. The van der Waals surface area contributed by atoms with E-state index in [4.69, 9.17) is 0 Å². The fourth-order valence-electron chi connectivity index (χ4n) is 1.66. The Labute approximate surface area is 110 Å². The molecular weight excluding hydrogens is 224 g/mol. The highest BCUT2D eigenvalue weighted by atomic mass is 16.1. The van der Waals surface area contributed by atoms with Gasteiger partial charge in [0, 0.05) is 24.2 Å². The van der Waals surface area contributed by atoms with Crippen LogP contribution in [0.25, 0.3) is 0 Å². The lowest BCUT2D eigenvalue weighted by Gasteiger charge is -2.20. The zero-order chi connectivity index (χ0) is 13.6. The minimum atomic E-state index is -0.153. The number of anilines is 1. The van der Waals surface area contributed by atoms with Gasteiger partial charge in [-0.25, -0.2) is 0 Å². The summed E-state index contributed by atoms with van der Waals surface area (Å²) in [5.41, 5.74) is 2.24. The number of rotatable bonds is 5.